The van der Waals surface area contributed by atoms with E-state index >= 15 is 0 Å². The summed E-state index contributed by atoms with van der Waals surface area (Å²) in [5.74, 6) is 2.41. The summed E-state index contributed by atoms with van der Waals surface area (Å²) in [6, 6.07) is 4.19. The van der Waals surface area contributed by atoms with Gasteiger partial charge in [0.15, 0.2) is 11.5 Å². The molecule has 0 spiro atoms. The van der Waals surface area contributed by atoms with Gasteiger partial charge in [-0.05, 0) is 24.0 Å². The Labute approximate surface area is 91.2 Å². The summed E-state index contributed by atoms with van der Waals surface area (Å²) in [5.41, 5.74) is 2.68. The molecule has 2 nitrogen and oxygen atoms in total. The molecule has 0 bridgehead atoms. The van der Waals surface area contributed by atoms with Crippen molar-refractivity contribution in [1.82, 2.24) is 0 Å². The first-order valence-corrected chi connectivity index (χ1v) is 5.65. The minimum Gasteiger partial charge on any atom is -0.486 e. The molecular formula is C13H18O2. The summed E-state index contributed by atoms with van der Waals surface area (Å²) in [5, 5.41) is 0. The van der Waals surface area contributed by atoms with Crippen molar-refractivity contribution in [3.63, 3.8) is 0 Å². The molecular weight excluding hydrogens is 188 g/mol. The lowest BCUT2D eigenvalue weighted by Crippen LogP contribution is -2.17. The molecule has 0 aliphatic carbocycles. The standard InChI is InChI=1S/C13H18O2/c1-4-10-11(9(2)3)5-6-12-13(10)15-8-7-14-12/h5-6,9H,4,7-8H2,1-3H3. The van der Waals surface area contributed by atoms with Gasteiger partial charge in [0.2, 0.25) is 0 Å². The summed E-state index contributed by atoms with van der Waals surface area (Å²) in [6.07, 6.45) is 1.00. The van der Waals surface area contributed by atoms with Gasteiger partial charge in [-0.25, -0.2) is 0 Å². The molecule has 0 amide bonds. The fraction of sp³-hybridized carbons (Fsp3) is 0.538. The van der Waals surface area contributed by atoms with E-state index in [1.54, 1.807) is 0 Å². The van der Waals surface area contributed by atoms with Crippen LogP contribution in [0.1, 0.15) is 37.8 Å². The SMILES string of the molecule is CCc1c(C(C)C)ccc2c1OCCO2. The maximum absolute atomic E-state index is 5.71. The lowest BCUT2D eigenvalue weighted by molar-refractivity contribution is 0.169. The molecule has 0 fully saturated rings. The number of hydrogen-bond donors (Lipinski definition) is 0. The lowest BCUT2D eigenvalue weighted by atomic mass is 9.94. The van der Waals surface area contributed by atoms with Crippen LogP contribution in [0.4, 0.5) is 0 Å². The average molecular weight is 206 g/mol. The van der Waals surface area contributed by atoms with Gasteiger partial charge >= 0.3 is 0 Å². The molecule has 1 aromatic carbocycles. The second-order valence-electron chi connectivity index (χ2n) is 4.17. The summed E-state index contributed by atoms with van der Waals surface area (Å²) in [7, 11) is 0. The summed E-state index contributed by atoms with van der Waals surface area (Å²) >= 11 is 0. The third-order valence-corrected chi connectivity index (χ3v) is 2.82. The van der Waals surface area contributed by atoms with Crippen LogP contribution >= 0.6 is 0 Å². The first kappa shape index (κ1) is 10.3. The van der Waals surface area contributed by atoms with Gasteiger partial charge in [0.25, 0.3) is 0 Å². The molecule has 2 rings (SSSR count). The first-order chi connectivity index (χ1) is 7.24. The van der Waals surface area contributed by atoms with Crippen LogP contribution in [0.2, 0.25) is 0 Å². The van der Waals surface area contributed by atoms with Crippen molar-refractivity contribution >= 4 is 0 Å². The third kappa shape index (κ3) is 1.81. The molecule has 1 heterocycles. The fourth-order valence-electron chi connectivity index (χ4n) is 2.09. The predicted octanol–water partition coefficient (Wildman–Crippen LogP) is 3.14. The Morgan fingerprint density at radius 1 is 1.20 bits per heavy atom. The smallest absolute Gasteiger partial charge is 0.164 e. The van der Waals surface area contributed by atoms with Crippen molar-refractivity contribution in [2.45, 2.75) is 33.1 Å². The number of fused-ring (bicyclic) bond motifs is 1. The summed E-state index contributed by atoms with van der Waals surface area (Å²) in [4.78, 5) is 0. The number of ether oxygens (including phenoxy) is 2. The molecule has 0 saturated heterocycles. The quantitative estimate of drug-likeness (QED) is 0.740. The van der Waals surface area contributed by atoms with Crippen LogP contribution in [0.5, 0.6) is 11.5 Å². The van der Waals surface area contributed by atoms with Crippen molar-refractivity contribution < 1.29 is 9.47 Å². The maximum Gasteiger partial charge on any atom is 0.164 e. The van der Waals surface area contributed by atoms with E-state index in [-0.39, 0.29) is 0 Å². The summed E-state index contributed by atoms with van der Waals surface area (Å²) in [6.45, 7) is 7.92. The molecule has 0 aromatic heterocycles. The maximum atomic E-state index is 5.71. The zero-order valence-electron chi connectivity index (χ0n) is 9.67. The Balaban J connectivity index is 2.51. The van der Waals surface area contributed by atoms with E-state index in [0.717, 1.165) is 17.9 Å². The van der Waals surface area contributed by atoms with Crippen molar-refractivity contribution in [3.8, 4) is 11.5 Å². The van der Waals surface area contributed by atoms with Crippen LogP contribution in [0.15, 0.2) is 12.1 Å². The average Bonchev–Trinajstić information content (AvgIpc) is 2.27. The van der Waals surface area contributed by atoms with E-state index in [2.05, 4.69) is 26.8 Å². The monoisotopic (exact) mass is 206 g/mol. The molecule has 2 heteroatoms. The normalized spacial score (nSPS) is 14.4. The third-order valence-electron chi connectivity index (χ3n) is 2.82. The molecule has 0 radical (unpaired) electrons. The molecule has 1 aliphatic heterocycles. The van der Waals surface area contributed by atoms with Crippen molar-refractivity contribution in [2.75, 3.05) is 13.2 Å². The molecule has 0 N–H and O–H groups in total. The van der Waals surface area contributed by atoms with Crippen molar-refractivity contribution in [2.24, 2.45) is 0 Å². The number of rotatable bonds is 2. The van der Waals surface area contributed by atoms with Gasteiger partial charge in [-0.1, -0.05) is 26.8 Å². The second-order valence-corrected chi connectivity index (χ2v) is 4.17. The Morgan fingerprint density at radius 2 is 1.93 bits per heavy atom. The Morgan fingerprint density at radius 3 is 2.60 bits per heavy atom. The predicted molar refractivity (Wildman–Crippen MR) is 60.9 cm³/mol. The van der Waals surface area contributed by atoms with E-state index in [1.165, 1.54) is 11.1 Å². The summed E-state index contributed by atoms with van der Waals surface area (Å²) < 4.78 is 11.3. The van der Waals surface area contributed by atoms with Crippen LogP contribution in [0, 0.1) is 0 Å². The van der Waals surface area contributed by atoms with Crippen LogP contribution in [0.25, 0.3) is 0 Å². The minimum atomic E-state index is 0.538. The number of benzene rings is 1. The highest BCUT2D eigenvalue weighted by Crippen LogP contribution is 2.38. The molecule has 15 heavy (non-hydrogen) atoms. The van der Waals surface area contributed by atoms with Crippen molar-refractivity contribution in [3.05, 3.63) is 23.3 Å². The van der Waals surface area contributed by atoms with Gasteiger partial charge in [0, 0.05) is 5.56 Å². The highest BCUT2D eigenvalue weighted by molar-refractivity contribution is 5.52. The van der Waals surface area contributed by atoms with Gasteiger partial charge in [-0.15, -0.1) is 0 Å². The Bertz CT molecular complexity index is 356. The Hall–Kier alpha value is -1.18. The zero-order valence-corrected chi connectivity index (χ0v) is 9.67. The fourth-order valence-corrected chi connectivity index (χ4v) is 2.09. The Kier molecular flexibility index (Phi) is 2.85. The topological polar surface area (TPSA) is 18.5 Å². The molecule has 1 aliphatic rings. The van der Waals surface area contributed by atoms with E-state index in [4.69, 9.17) is 9.47 Å². The zero-order chi connectivity index (χ0) is 10.8. The highest BCUT2D eigenvalue weighted by Gasteiger charge is 2.18. The van der Waals surface area contributed by atoms with E-state index in [9.17, 15) is 0 Å². The lowest BCUT2D eigenvalue weighted by Gasteiger charge is -2.23. The highest BCUT2D eigenvalue weighted by atomic mass is 16.6. The van der Waals surface area contributed by atoms with Gasteiger partial charge in [-0.3, -0.25) is 0 Å². The molecule has 0 atom stereocenters. The molecule has 1 aromatic rings. The first-order valence-electron chi connectivity index (χ1n) is 5.65. The van der Waals surface area contributed by atoms with Gasteiger partial charge in [0.1, 0.15) is 13.2 Å². The second kappa shape index (κ2) is 4.13. The van der Waals surface area contributed by atoms with Gasteiger partial charge < -0.3 is 9.47 Å². The molecule has 0 saturated carbocycles. The van der Waals surface area contributed by atoms with E-state index in [1.807, 2.05) is 6.07 Å². The van der Waals surface area contributed by atoms with E-state index in [0.29, 0.717) is 19.1 Å². The van der Waals surface area contributed by atoms with Gasteiger partial charge in [-0.2, -0.15) is 0 Å². The minimum absolute atomic E-state index is 0.538. The van der Waals surface area contributed by atoms with Crippen LogP contribution in [-0.2, 0) is 6.42 Å². The number of hydrogen-bond acceptors (Lipinski definition) is 2. The van der Waals surface area contributed by atoms with Crippen LogP contribution in [-0.4, -0.2) is 13.2 Å². The van der Waals surface area contributed by atoms with Crippen LogP contribution < -0.4 is 9.47 Å². The molecule has 82 valence electrons. The van der Waals surface area contributed by atoms with Crippen molar-refractivity contribution in [1.29, 1.82) is 0 Å². The van der Waals surface area contributed by atoms with Crippen LogP contribution in [0.3, 0.4) is 0 Å². The molecule has 0 unspecified atom stereocenters. The van der Waals surface area contributed by atoms with Gasteiger partial charge in [0.05, 0.1) is 0 Å². The largest absolute Gasteiger partial charge is 0.486 e. The van der Waals surface area contributed by atoms with E-state index < -0.39 is 0 Å².